The summed E-state index contributed by atoms with van der Waals surface area (Å²) in [5.74, 6) is -0.162. The molecule has 1 heterocycles. The molecule has 0 atom stereocenters. The van der Waals surface area contributed by atoms with E-state index in [9.17, 15) is 13.5 Å². The first-order valence-corrected chi connectivity index (χ1v) is 8.91. The summed E-state index contributed by atoms with van der Waals surface area (Å²) in [6.45, 7) is 1.93. The highest BCUT2D eigenvalue weighted by Gasteiger charge is 2.21. The van der Waals surface area contributed by atoms with Crippen LogP contribution in [0.2, 0.25) is 0 Å². The van der Waals surface area contributed by atoms with Crippen molar-refractivity contribution in [2.75, 3.05) is 7.11 Å². The van der Waals surface area contributed by atoms with Crippen LogP contribution in [0, 0.1) is 6.92 Å². The van der Waals surface area contributed by atoms with E-state index in [1.165, 1.54) is 19.2 Å². The van der Waals surface area contributed by atoms with Crippen molar-refractivity contribution in [2.45, 2.75) is 11.8 Å². The largest absolute Gasteiger partial charge is 0.507 e. The summed E-state index contributed by atoms with van der Waals surface area (Å²) >= 11 is 0. The number of aryl methyl sites for hydroxylation is 1. The van der Waals surface area contributed by atoms with Crippen LogP contribution in [0.3, 0.4) is 0 Å². The molecule has 0 aliphatic carbocycles. The van der Waals surface area contributed by atoms with E-state index in [-0.39, 0.29) is 22.0 Å². The number of aromatic nitrogens is 2. The minimum atomic E-state index is -4.03. The minimum absolute atomic E-state index is 0.0225. The Bertz CT molecular complexity index is 1040. The number of benzene rings is 2. The highest BCUT2D eigenvalue weighted by atomic mass is 32.2. The average molecular weight is 359 g/mol. The molecule has 3 aromatic rings. The van der Waals surface area contributed by atoms with Crippen LogP contribution in [0.25, 0.3) is 16.9 Å². The van der Waals surface area contributed by atoms with Gasteiger partial charge in [0, 0.05) is 11.6 Å². The van der Waals surface area contributed by atoms with Crippen LogP contribution in [0.1, 0.15) is 5.56 Å². The molecule has 0 radical (unpaired) electrons. The van der Waals surface area contributed by atoms with Crippen molar-refractivity contribution in [1.29, 1.82) is 0 Å². The van der Waals surface area contributed by atoms with Crippen LogP contribution in [0.4, 0.5) is 0 Å². The normalized spacial score (nSPS) is 11.5. The van der Waals surface area contributed by atoms with E-state index in [0.29, 0.717) is 5.69 Å². The number of sulfonamides is 1. The molecule has 0 fully saturated rings. The maximum absolute atomic E-state index is 11.8. The van der Waals surface area contributed by atoms with E-state index in [1.807, 2.05) is 31.2 Å². The van der Waals surface area contributed by atoms with E-state index >= 15 is 0 Å². The Morgan fingerprint density at radius 1 is 1.20 bits per heavy atom. The summed E-state index contributed by atoms with van der Waals surface area (Å²) in [4.78, 5) is -0.208. The number of para-hydroxylation sites is 1. The summed E-state index contributed by atoms with van der Waals surface area (Å²) in [6.07, 6.45) is 1.57. The van der Waals surface area contributed by atoms with Gasteiger partial charge in [-0.15, -0.1) is 0 Å². The van der Waals surface area contributed by atoms with Crippen LogP contribution in [-0.2, 0) is 10.0 Å². The van der Waals surface area contributed by atoms with Gasteiger partial charge < -0.3 is 9.84 Å². The predicted molar refractivity (Wildman–Crippen MR) is 93.3 cm³/mol. The molecular formula is C17H17N3O4S. The molecule has 3 N–H and O–H groups in total. The maximum atomic E-state index is 11.8. The van der Waals surface area contributed by atoms with Crippen molar-refractivity contribution in [2.24, 2.45) is 5.14 Å². The topological polar surface area (TPSA) is 107 Å². The molecule has 130 valence electrons. The van der Waals surface area contributed by atoms with E-state index in [1.54, 1.807) is 16.9 Å². The number of phenolic OH excluding ortho intramolecular Hbond substituents is 1. The van der Waals surface area contributed by atoms with Gasteiger partial charge in [0.05, 0.1) is 24.7 Å². The molecule has 0 unspecified atom stereocenters. The number of phenols is 1. The molecule has 0 aliphatic heterocycles. The quantitative estimate of drug-likeness (QED) is 0.742. The average Bonchev–Trinajstić information content (AvgIpc) is 3.03. The van der Waals surface area contributed by atoms with Gasteiger partial charge in [0.15, 0.2) is 0 Å². The van der Waals surface area contributed by atoms with Gasteiger partial charge in [0.1, 0.15) is 16.4 Å². The van der Waals surface area contributed by atoms with Crippen LogP contribution >= 0.6 is 0 Å². The van der Waals surface area contributed by atoms with Crippen LogP contribution < -0.4 is 9.88 Å². The molecule has 0 aliphatic rings. The number of hydrogen-bond acceptors (Lipinski definition) is 5. The number of nitrogens with two attached hydrogens (primary N) is 1. The zero-order chi connectivity index (χ0) is 18.2. The second kappa shape index (κ2) is 6.23. The van der Waals surface area contributed by atoms with Gasteiger partial charge in [-0.25, -0.2) is 18.2 Å². The molecule has 7 nitrogen and oxygen atoms in total. The third-order valence-electron chi connectivity index (χ3n) is 3.85. The van der Waals surface area contributed by atoms with Gasteiger partial charge in [0.25, 0.3) is 0 Å². The lowest BCUT2D eigenvalue weighted by atomic mass is 10.1. The first-order valence-electron chi connectivity index (χ1n) is 7.37. The molecule has 0 amide bonds. The van der Waals surface area contributed by atoms with Gasteiger partial charge in [-0.2, -0.15) is 5.10 Å². The number of aromatic hydroxyl groups is 1. The zero-order valence-corrected chi connectivity index (χ0v) is 14.5. The lowest BCUT2D eigenvalue weighted by molar-refractivity contribution is 0.396. The van der Waals surface area contributed by atoms with Crippen molar-refractivity contribution in [3.05, 3.63) is 54.2 Å². The Labute approximate surface area is 145 Å². The van der Waals surface area contributed by atoms with E-state index in [4.69, 9.17) is 9.88 Å². The zero-order valence-electron chi connectivity index (χ0n) is 13.7. The van der Waals surface area contributed by atoms with Crippen molar-refractivity contribution in [3.8, 4) is 28.4 Å². The standard InChI is InChI=1S/C17H17N3O4S/c1-11-5-3-4-6-13(11)20-14(7-8-19-20)12-9-17(25(18,22)23)16(24-2)10-15(12)21/h3-10,21H,1-2H3,(H2,18,22,23). The fraction of sp³-hybridized carbons (Fsp3) is 0.118. The monoisotopic (exact) mass is 359 g/mol. The Hall–Kier alpha value is -2.84. The van der Waals surface area contributed by atoms with Gasteiger partial charge in [-0.05, 0) is 30.7 Å². The van der Waals surface area contributed by atoms with E-state index in [2.05, 4.69) is 5.10 Å². The van der Waals surface area contributed by atoms with E-state index in [0.717, 1.165) is 11.3 Å². The van der Waals surface area contributed by atoms with Gasteiger partial charge in [-0.3, -0.25) is 0 Å². The number of nitrogens with zero attached hydrogens (tertiary/aromatic N) is 2. The Morgan fingerprint density at radius 3 is 2.56 bits per heavy atom. The Kier molecular flexibility index (Phi) is 4.23. The lowest BCUT2D eigenvalue weighted by Crippen LogP contribution is -2.13. The summed E-state index contributed by atoms with van der Waals surface area (Å²) in [7, 11) is -2.72. The molecule has 0 spiro atoms. The first kappa shape index (κ1) is 17.0. The Balaban J connectivity index is 2.26. The van der Waals surface area contributed by atoms with Gasteiger partial charge >= 0.3 is 0 Å². The number of hydrogen-bond donors (Lipinski definition) is 2. The molecule has 0 saturated heterocycles. The highest BCUT2D eigenvalue weighted by molar-refractivity contribution is 7.89. The van der Waals surface area contributed by atoms with Gasteiger partial charge in [-0.1, -0.05) is 18.2 Å². The van der Waals surface area contributed by atoms with Crippen LogP contribution in [-0.4, -0.2) is 30.4 Å². The highest BCUT2D eigenvalue weighted by Crippen LogP contribution is 2.37. The van der Waals surface area contributed by atoms with Crippen molar-refractivity contribution < 1.29 is 18.3 Å². The summed E-state index contributed by atoms with van der Waals surface area (Å²) in [5, 5.41) is 19.9. The molecule has 0 bridgehead atoms. The fourth-order valence-corrected chi connectivity index (χ4v) is 3.34. The second-order valence-corrected chi connectivity index (χ2v) is 7.01. The third kappa shape index (κ3) is 3.09. The molecule has 3 rings (SSSR count). The predicted octanol–water partition coefficient (Wildman–Crippen LogP) is 2.21. The van der Waals surface area contributed by atoms with Crippen molar-refractivity contribution >= 4 is 10.0 Å². The van der Waals surface area contributed by atoms with Crippen molar-refractivity contribution in [3.63, 3.8) is 0 Å². The molecule has 1 aromatic heterocycles. The smallest absolute Gasteiger partial charge is 0.241 e. The maximum Gasteiger partial charge on any atom is 0.241 e. The SMILES string of the molecule is COc1cc(O)c(-c2ccnn2-c2ccccc2C)cc1S(N)(=O)=O. The molecule has 0 saturated carbocycles. The summed E-state index contributed by atoms with van der Waals surface area (Å²) in [5.41, 5.74) is 2.60. The lowest BCUT2D eigenvalue weighted by Gasteiger charge is -2.14. The first-order chi connectivity index (χ1) is 11.8. The molecule has 8 heteroatoms. The minimum Gasteiger partial charge on any atom is -0.507 e. The number of primary sulfonamides is 1. The van der Waals surface area contributed by atoms with E-state index < -0.39 is 10.0 Å². The number of ether oxygens (including phenoxy) is 1. The number of rotatable bonds is 4. The summed E-state index contributed by atoms with van der Waals surface area (Å²) < 4.78 is 30.3. The van der Waals surface area contributed by atoms with Crippen molar-refractivity contribution in [1.82, 2.24) is 9.78 Å². The van der Waals surface area contributed by atoms with Crippen LogP contribution in [0.15, 0.2) is 53.6 Å². The van der Waals surface area contributed by atoms with Crippen LogP contribution in [0.5, 0.6) is 11.5 Å². The third-order valence-corrected chi connectivity index (χ3v) is 4.78. The molecule has 25 heavy (non-hydrogen) atoms. The summed E-state index contributed by atoms with van der Waals surface area (Å²) in [6, 6.07) is 11.8. The number of methoxy groups -OCH3 is 1. The van der Waals surface area contributed by atoms with Gasteiger partial charge in [0.2, 0.25) is 10.0 Å². The molecular weight excluding hydrogens is 342 g/mol. The Morgan fingerprint density at radius 2 is 1.92 bits per heavy atom. The second-order valence-electron chi connectivity index (χ2n) is 5.48. The fourth-order valence-electron chi connectivity index (χ4n) is 2.64. The molecule has 2 aromatic carbocycles.